The second-order valence-corrected chi connectivity index (χ2v) is 7.39. The Kier molecular flexibility index (Phi) is 5.37. The molecule has 3 nitrogen and oxygen atoms in total. The fourth-order valence-corrected chi connectivity index (χ4v) is 3.46. The topological polar surface area (TPSA) is 33.2 Å². The van der Waals surface area contributed by atoms with Crippen molar-refractivity contribution in [2.45, 2.75) is 26.3 Å². The monoisotopic (exact) mass is 444 g/mol. The van der Waals surface area contributed by atoms with Crippen molar-refractivity contribution in [2.75, 3.05) is 7.05 Å². The minimum Gasteiger partial charge on any atom is -0.338 e. The molecular formula is C21H21IN2O. The molecule has 0 radical (unpaired) electrons. The normalized spacial score (nSPS) is 12.2. The first-order chi connectivity index (χ1) is 12.0. The van der Waals surface area contributed by atoms with Gasteiger partial charge in [0.25, 0.3) is 5.91 Å². The van der Waals surface area contributed by atoms with Crippen LogP contribution < -0.4 is 0 Å². The van der Waals surface area contributed by atoms with Gasteiger partial charge in [-0.3, -0.25) is 4.79 Å². The van der Waals surface area contributed by atoms with Gasteiger partial charge in [-0.15, -0.1) is 0 Å². The molecule has 3 aromatic rings. The molecule has 1 aromatic heterocycles. The molecule has 0 saturated heterocycles. The van der Waals surface area contributed by atoms with Gasteiger partial charge in [-0.1, -0.05) is 49.4 Å². The van der Waals surface area contributed by atoms with Crippen molar-refractivity contribution in [3.8, 4) is 11.3 Å². The van der Waals surface area contributed by atoms with E-state index in [-0.39, 0.29) is 11.9 Å². The second-order valence-electron chi connectivity index (χ2n) is 6.23. The average Bonchev–Trinajstić information content (AvgIpc) is 2.65. The largest absolute Gasteiger partial charge is 0.338 e. The van der Waals surface area contributed by atoms with E-state index in [0.717, 1.165) is 32.0 Å². The number of nitrogens with zero attached hydrogens (tertiary/aromatic N) is 2. The molecule has 25 heavy (non-hydrogen) atoms. The van der Waals surface area contributed by atoms with E-state index < -0.39 is 0 Å². The Morgan fingerprint density at radius 2 is 1.84 bits per heavy atom. The predicted molar refractivity (Wildman–Crippen MR) is 112 cm³/mol. The summed E-state index contributed by atoms with van der Waals surface area (Å²) in [4.78, 5) is 19.5. The van der Waals surface area contributed by atoms with Crippen LogP contribution >= 0.6 is 22.6 Å². The smallest absolute Gasteiger partial charge is 0.272 e. The lowest BCUT2D eigenvalue weighted by atomic mass is 10.0. The highest BCUT2D eigenvalue weighted by atomic mass is 127. The fourth-order valence-electron chi connectivity index (χ4n) is 2.82. The molecule has 128 valence electrons. The van der Waals surface area contributed by atoms with Gasteiger partial charge in [-0.25, -0.2) is 4.98 Å². The lowest BCUT2D eigenvalue weighted by Crippen LogP contribution is -2.35. The van der Waals surface area contributed by atoms with Gasteiger partial charge in [-0.05, 0) is 53.5 Å². The summed E-state index contributed by atoms with van der Waals surface area (Å²) in [6, 6.07) is 18.3. The molecule has 2 aromatic carbocycles. The summed E-state index contributed by atoms with van der Waals surface area (Å²) in [7, 11) is 1.85. The summed E-state index contributed by atoms with van der Waals surface area (Å²) in [6.45, 7) is 4.14. The van der Waals surface area contributed by atoms with Crippen molar-refractivity contribution in [2.24, 2.45) is 0 Å². The Labute approximate surface area is 162 Å². The molecule has 1 amide bonds. The standard InChI is InChI=1S/C21H21IN2O/c1-4-14(2)24(3)21(25)19-13-15-9-5-6-10-16(15)20(23-19)17-11-7-8-12-18(17)22/h5-14H,4H2,1-3H3. The van der Waals surface area contributed by atoms with Gasteiger partial charge in [-0.2, -0.15) is 0 Å². The van der Waals surface area contributed by atoms with Crippen LogP contribution in [0.4, 0.5) is 0 Å². The third-order valence-corrected chi connectivity index (χ3v) is 5.60. The van der Waals surface area contributed by atoms with Crippen molar-refractivity contribution in [1.82, 2.24) is 9.88 Å². The zero-order valence-electron chi connectivity index (χ0n) is 14.7. The Hall–Kier alpha value is -1.95. The summed E-state index contributed by atoms with van der Waals surface area (Å²) >= 11 is 2.32. The summed E-state index contributed by atoms with van der Waals surface area (Å²) in [5.74, 6) is -0.0349. The van der Waals surface area contributed by atoms with Crippen LogP contribution in [0.15, 0.2) is 54.6 Å². The first-order valence-electron chi connectivity index (χ1n) is 8.44. The van der Waals surface area contributed by atoms with Gasteiger partial charge in [0.05, 0.1) is 5.69 Å². The number of pyridine rings is 1. The summed E-state index contributed by atoms with van der Waals surface area (Å²) in [5, 5.41) is 2.10. The maximum absolute atomic E-state index is 12.9. The highest BCUT2D eigenvalue weighted by molar-refractivity contribution is 14.1. The number of fused-ring (bicyclic) bond motifs is 1. The second kappa shape index (κ2) is 7.52. The number of amides is 1. The summed E-state index contributed by atoms with van der Waals surface area (Å²) in [6.07, 6.45) is 0.916. The Balaban J connectivity index is 2.20. The molecule has 4 heteroatoms. The third-order valence-electron chi connectivity index (χ3n) is 4.66. The molecule has 1 atom stereocenters. The maximum Gasteiger partial charge on any atom is 0.272 e. The zero-order valence-corrected chi connectivity index (χ0v) is 16.8. The lowest BCUT2D eigenvalue weighted by Gasteiger charge is -2.24. The SMILES string of the molecule is CCC(C)N(C)C(=O)c1cc2ccccc2c(-c2ccccc2I)n1. The molecule has 0 aliphatic carbocycles. The fraction of sp³-hybridized carbons (Fsp3) is 0.238. The van der Waals surface area contributed by atoms with E-state index in [1.165, 1.54) is 0 Å². The number of halogens is 1. The average molecular weight is 444 g/mol. The highest BCUT2D eigenvalue weighted by Gasteiger charge is 2.20. The van der Waals surface area contributed by atoms with Crippen LogP contribution in [0, 0.1) is 3.57 Å². The molecular weight excluding hydrogens is 423 g/mol. The lowest BCUT2D eigenvalue weighted by molar-refractivity contribution is 0.0735. The van der Waals surface area contributed by atoms with E-state index in [1.807, 2.05) is 43.4 Å². The van der Waals surface area contributed by atoms with E-state index in [1.54, 1.807) is 4.90 Å². The number of carbonyl (C=O) groups excluding carboxylic acids is 1. The number of aromatic nitrogens is 1. The van der Waals surface area contributed by atoms with Crippen molar-refractivity contribution in [3.63, 3.8) is 0 Å². The van der Waals surface area contributed by atoms with Crippen LogP contribution in [0.3, 0.4) is 0 Å². The third kappa shape index (κ3) is 3.54. The van der Waals surface area contributed by atoms with Gasteiger partial charge in [0.15, 0.2) is 0 Å². The first kappa shape index (κ1) is 17.9. The minimum atomic E-state index is -0.0349. The van der Waals surface area contributed by atoms with Crippen molar-refractivity contribution < 1.29 is 4.79 Å². The molecule has 3 rings (SSSR count). The molecule has 0 spiro atoms. The van der Waals surface area contributed by atoms with E-state index in [2.05, 4.69) is 54.6 Å². The Bertz CT molecular complexity index is 923. The number of carbonyl (C=O) groups is 1. The predicted octanol–water partition coefficient (Wildman–Crippen LogP) is 5.38. The van der Waals surface area contributed by atoms with Crippen LogP contribution in [0.5, 0.6) is 0 Å². The number of hydrogen-bond acceptors (Lipinski definition) is 2. The van der Waals surface area contributed by atoms with E-state index in [0.29, 0.717) is 5.69 Å². The molecule has 0 aliphatic heterocycles. The Morgan fingerprint density at radius 3 is 2.56 bits per heavy atom. The molecule has 0 aliphatic rings. The Morgan fingerprint density at radius 1 is 1.16 bits per heavy atom. The van der Waals surface area contributed by atoms with E-state index >= 15 is 0 Å². The molecule has 0 bridgehead atoms. The van der Waals surface area contributed by atoms with Crippen LogP contribution in [-0.2, 0) is 0 Å². The minimum absolute atomic E-state index is 0.0349. The zero-order chi connectivity index (χ0) is 18.0. The van der Waals surface area contributed by atoms with Crippen LogP contribution in [0.1, 0.15) is 30.8 Å². The first-order valence-corrected chi connectivity index (χ1v) is 9.52. The quantitative estimate of drug-likeness (QED) is 0.507. The highest BCUT2D eigenvalue weighted by Crippen LogP contribution is 2.31. The molecule has 0 fully saturated rings. The molecule has 0 saturated carbocycles. The van der Waals surface area contributed by atoms with Gasteiger partial charge in [0, 0.05) is 27.6 Å². The van der Waals surface area contributed by atoms with E-state index in [9.17, 15) is 4.79 Å². The van der Waals surface area contributed by atoms with Crippen molar-refractivity contribution in [3.05, 3.63) is 63.9 Å². The van der Waals surface area contributed by atoms with Gasteiger partial charge in [0.1, 0.15) is 5.69 Å². The van der Waals surface area contributed by atoms with Gasteiger partial charge < -0.3 is 4.90 Å². The molecule has 1 heterocycles. The van der Waals surface area contributed by atoms with Crippen molar-refractivity contribution in [1.29, 1.82) is 0 Å². The molecule has 1 unspecified atom stereocenters. The van der Waals surface area contributed by atoms with Crippen LogP contribution in [-0.4, -0.2) is 28.9 Å². The molecule has 0 N–H and O–H groups in total. The number of benzene rings is 2. The van der Waals surface area contributed by atoms with Crippen molar-refractivity contribution >= 4 is 39.3 Å². The summed E-state index contributed by atoms with van der Waals surface area (Å²) < 4.78 is 1.12. The van der Waals surface area contributed by atoms with Gasteiger partial charge >= 0.3 is 0 Å². The van der Waals surface area contributed by atoms with Gasteiger partial charge in [0.2, 0.25) is 0 Å². The number of rotatable bonds is 4. The van der Waals surface area contributed by atoms with E-state index in [4.69, 9.17) is 4.98 Å². The van der Waals surface area contributed by atoms with Crippen LogP contribution in [0.2, 0.25) is 0 Å². The maximum atomic E-state index is 12.9. The number of hydrogen-bond donors (Lipinski definition) is 0. The van der Waals surface area contributed by atoms with Crippen LogP contribution in [0.25, 0.3) is 22.0 Å². The summed E-state index contributed by atoms with van der Waals surface area (Å²) in [5.41, 5.74) is 2.42.